The van der Waals surface area contributed by atoms with Crippen molar-refractivity contribution in [3.05, 3.63) is 65.7 Å². The standard InChI is InChI=1S/C18H19NO3/c1-21-16-10-7-14(8-11-16)9-12-18(20)19-13-15-5-3-4-6-17(15)22-2/h3-12H,13H2,1-2H3,(H,19,20)/b12-9-. The summed E-state index contributed by atoms with van der Waals surface area (Å²) >= 11 is 0. The maximum absolute atomic E-state index is 11.8. The molecule has 0 saturated carbocycles. The van der Waals surface area contributed by atoms with Crippen LogP contribution in [0.5, 0.6) is 11.5 Å². The Labute approximate surface area is 130 Å². The molecule has 2 aromatic carbocycles. The number of hydrogen-bond donors (Lipinski definition) is 1. The van der Waals surface area contributed by atoms with Crippen LogP contribution in [0.3, 0.4) is 0 Å². The van der Waals surface area contributed by atoms with Crippen molar-refractivity contribution in [3.8, 4) is 11.5 Å². The Morgan fingerprint density at radius 1 is 1.05 bits per heavy atom. The summed E-state index contributed by atoms with van der Waals surface area (Å²) in [6.07, 6.45) is 3.27. The summed E-state index contributed by atoms with van der Waals surface area (Å²) in [4.78, 5) is 11.8. The van der Waals surface area contributed by atoms with Crippen molar-refractivity contribution in [1.29, 1.82) is 0 Å². The van der Waals surface area contributed by atoms with Crippen LogP contribution < -0.4 is 14.8 Å². The Balaban J connectivity index is 1.90. The molecule has 0 fully saturated rings. The number of methoxy groups -OCH3 is 2. The van der Waals surface area contributed by atoms with Crippen molar-refractivity contribution in [3.63, 3.8) is 0 Å². The molecule has 0 aliphatic carbocycles. The maximum atomic E-state index is 11.8. The van der Waals surface area contributed by atoms with E-state index >= 15 is 0 Å². The minimum absolute atomic E-state index is 0.151. The molecule has 0 aromatic heterocycles. The first-order valence-corrected chi connectivity index (χ1v) is 6.95. The Kier molecular flexibility index (Phi) is 5.60. The lowest BCUT2D eigenvalue weighted by Gasteiger charge is -2.08. The first-order chi connectivity index (χ1) is 10.7. The summed E-state index contributed by atoms with van der Waals surface area (Å²) in [5.74, 6) is 1.40. The largest absolute Gasteiger partial charge is 0.497 e. The SMILES string of the molecule is COc1ccc(/C=C\C(=O)NCc2ccccc2OC)cc1. The van der Waals surface area contributed by atoms with E-state index in [0.717, 1.165) is 22.6 Å². The van der Waals surface area contributed by atoms with Crippen LogP contribution in [0.4, 0.5) is 0 Å². The number of para-hydroxylation sites is 1. The molecular formula is C18H19NO3. The van der Waals surface area contributed by atoms with E-state index in [4.69, 9.17) is 9.47 Å². The highest BCUT2D eigenvalue weighted by molar-refractivity contribution is 5.91. The van der Waals surface area contributed by atoms with E-state index in [1.165, 1.54) is 6.08 Å². The highest BCUT2D eigenvalue weighted by Gasteiger charge is 2.02. The minimum atomic E-state index is -0.151. The summed E-state index contributed by atoms with van der Waals surface area (Å²) in [5.41, 5.74) is 1.88. The van der Waals surface area contributed by atoms with Gasteiger partial charge in [-0.1, -0.05) is 30.3 Å². The van der Waals surface area contributed by atoms with E-state index in [1.807, 2.05) is 48.5 Å². The normalized spacial score (nSPS) is 10.5. The van der Waals surface area contributed by atoms with Gasteiger partial charge in [0.1, 0.15) is 11.5 Å². The molecule has 0 aliphatic heterocycles. The van der Waals surface area contributed by atoms with Gasteiger partial charge in [-0.3, -0.25) is 4.79 Å². The van der Waals surface area contributed by atoms with Crippen LogP contribution in [0.2, 0.25) is 0 Å². The van der Waals surface area contributed by atoms with Gasteiger partial charge < -0.3 is 14.8 Å². The Hall–Kier alpha value is -2.75. The van der Waals surface area contributed by atoms with Gasteiger partial charge in [-0.05, 0) is 29.8 Å². The fourth-order valence-corrected chi connectivity index (χ4v) is 1.98. The highest BCUT2D eigenvalue weighted by atomic mass is 16.5. The quantitative estimate of drug-likeness (QED) is 0.834. The monoisotopic (exact) mass is 297 g/mol. The molecule has 0 bridgehead atoms. The van der Waals surface area contributed by atoms with Gasteiger partial charge in [-0.2, -0.15) is 0 Å². The molecule has 0 aliphatic rings. The number of ether oxygens (including phenoxy) is 2. The number of rotatable bonds is 6. The topological polar surface area (TPSA) is 47.6 Å². The van der Waals surface area contributed by atoms with Crippen LogP contribution in [0.15, 0.2) is 54.6 Å². The zero-order chi connectivity index (χ0) is 15.8. The number of hydrogen-bond acceptors (Lipinski definition) is 3. The number of carbonyl (C=O) groups is 1. The molecule has 1 amide bonds. The first-order valence-electron chi connectivity index (χ1n) is 6.95. The highest BCUT2D eigenvalue weighted by Crippen LogP contribution is 2.16. The first kappa shape index (κ1) is 15.6. The summed E-state index contributed by atoms with van der Waals surface area (Å²) in [6, 6.07) is 15.1. The Morgan fingerprint density at radius 2 is 1.77 bits per heavy atom. The molecule has 4 heteroatoms. The fourth-order valence-electron chi connectivity index (χ4n) is 1.98. The van der Waals surface area contributed by atoms with Crippen molar-refractivity contribution < 1.29 is 14.3 Å². The van der Waals surface area contributed by atoms with Gasteiger partial charge >= 0.3 is 0 Å². The van der Waals surface area contributed by atoms with Crippen molar-refractivity contribution in [2.24, 2.45) is 0 Å². The lowest BCUT2D eigenvalue weighted by atomic mass is 10.2. The van der Waals surface area contributed by atoms with E-state index in [-0.39, 0.29) is 5.91 Å². The van der Waals surface area contributed by atoms with Crippen LogP contribution in [0.25, 0.3) is 6.08 Å². The molecule has 2 aromatic rings. The number of amides is 1. The second-order valence-corrected chi connectivity index (χ2v) is 4.64. The van der Waals surface area contributed by atoms with Crippen LogP contribution in [-0.2, 0) is 11.3 Å². The Morgan fingerprint density at radius 3 is 2.45 bits per heavy atom. The lowest BCUT2D eigenvalue weighted by Crippen LogP contribution is -2.20. The molecule has 0 unspecified atom stereocenters. The number of benzene rings is 2. The van der Waals surface area contributed by atoms with E-state index in [0.29, 0.717) is 6.54 Å². The van der Waals surface area contributed by atoms with Gasteiger partial charge in [0, 0.05) is 18.2 Å². The third-order valence-electron chi connectivity index (χ3n) is 3.19. The molecule has 0 atom stereocenters. The van der Waals surface area contributed by atoms with Gasteiger partial charge in [-0.15, -0.1) is 0 Å². The minimum Gasteiger partial charge on any atom is -0.497 e. The lowest BCUT2D eigenvalue weighted by molar-refractivity contribution is -0.116. The van der Waals surface area contributed by atoms with Crippen LogP contribution in [0, 0.1) is 0 Å². The van der Waals surface area contributed by atoms with Gasteiger partial charge in [0.25, 0.3) is 0 Å². The van der Waals surface area contributed by atoms with E-state index < -0.39 is 0 Å². The summed E-state index contributed by atoms with van der Waals surface area (Å²) < 4.78 is 10.3. The van der Waals surface area contributed by atoms with Crippen LogP contribution in [0.1, 0.15) is 11.1 Å². The molecule has 0 radical (unpaired) electrons. The van der Waals surface area contributed by atoms with Gasteiger partial charge in [0.05, 0.1) is 14.2 Å². The summed E-state index contributed by atoms with van der Waals surface area (Å²) in [5, 5.41) is 2.84. The third kappa shape index (κ3) is 4.38. The second kappa shape index (κ2) is 7.88. The molecule has 22 heavy (non-hydrogen) atoms. The molecular weight excluding hydrogens is 278 g/mol. The van der Waals surface area contributed by atoms with Crippen molar-refractivity contribution >= 4 is 12.0 Å². The molecule has 0 heterocycles. The van der Waals surface area contributed by atoms with Gasteiger partial charge in [-0.25, -0.2) is 0 Å². The van der Waals surface area contributed by atoms with E-state index in [9.17, 15) is 4.79 Å². The van der Waals surface area contributed by atoms with Gasteiger partial charge in [0.2, 0.25) is 5.91 Å². The van der Waals surface area contributed by atoms with E-state index in [2.05, 4.69) is 5.32 Å². The van der Waals surface area contributed by atoms with Crippen molar-refractivity contribution in [1.82, 2.24) is 5.32 Å². The third-order valence-corrected chi connectivity index (χ3v) is 3.19. The maximum Gasteiger partial charge on any atom is 0.244 e. The van der Waals surface area contributed by atoms with Crippen molar-refractivity contribution in [2.75, 3.05) is 14.2 Å². The second-order valence-electron chi connectivity index (χ2n) is 4.64. The van der Waals surface area contributed by atoms with Crippen LogP contribution >= 0.6 is 0 Å². The van der Waals surface area contributed by atoms with Gasteiger partial charge in [0.15, 0.2) is 0 Å². The molecule has 0 saturated heterocycles. The number of nitrogens with one attached hydrogen (secondary N) is 1. The summed E-state index contributed by atoms with van der Waals surface area (Å²) in [7, 11) is 3.24. The molecule has 114 valence electrons. The predicted molar refractivity (Wildman–Crippen MR) is 86.9 cm³/mol. The predicted octanol–water partition coefficient (Wildman–Crippen LogP) is 3.03. The average Bonchev–Trinajstić information content (AvgIpc) is 2.58. The zero-order valence-corrected chi connectivity index (χ0v) is 12.7. The fraction of sp³-hybridized carbons (Fsp3) is 0.167. The van der Waals surface area contributed by atoms with Crippen LogP contribution in [-0.4, -0.2) is 20.1 Å². The molecule has 0 spiro atoms. The molecule has 1 N–H and O–H groups in total. The molecule has 2 rings (SSSR count). The average molecular weight is 297 g/mol. The summed E-state index contributed by atoms with van der Waals surface area (Å²) in [6.45, 7) is 0.426. The van der Waals surface area contributed by atoms with Crippen molar-refractivity contribution in [2.45, 2.75) is 6.54 Å². The Bertz CT molecular complexity index is 648. The smallest absolute Gasteiger partial charge is 0.244 e. The number of carbonyl (C=O) groups excluding carboxylic acids is 1. The zero-order valence-electron chi connectivity index (χ0n) is 12.7. The molecule has 4 nitrogen and oxygen atoms in total. The van der Waals surface area contributed by atoms with E-state index in [1.54, 1.807) is 20.3 Å².